The van der Waals surface area contributed by atoms with Gasteiger partial charge in [0.25, 0.3) is 5.91 Å². The van der Waals surface area contributed by atoms with Crippen molar-refractivity contribution in [1.82, 2.24) is 20.1 Å². The average Bonchev–Trinajstić information content (AvgIpc) is 3.42. The van der Waals surface area contributed by atoms with E-state index in [4.69, 9.17) is 4.42 Å². The number of likely N-dealkylation sites (tertiary alicyclic amines) is 1. The summed E-state index contributed by atoms with van der Waals surface area (Å²) in [6.07, 6.45) is 7.28. The number of hydrogen-bond acceptors (Lipinski definition) is 4. The third-order valence-electron chi connectivity index (χ3n) is 6.85. The maximum atomic E-state index is 12.9. The highest BCUT2D eigenvalue weighted by atomic mass is 16.3. The zero-order valence-corrected chi connectivity index (χ0v) is 16.5. The molecule has 0 unspecified atom stereocenters. The molecule has 3 aliphatic rings. The van der Waals surface area contributed by atoms with Gasteiger partial charge in [0, 0.05) is 38.3 Å². The van der Waals surface area contributed by atoms with Crippen LogP contribution in [0.15, 0.2) is 41.1 Å². The molecule has 7 nitrogen and oxygen atoms in total. The molecule has 5 rings (SSSR count). The van der Waals surface area contributed by atoms with Gasteiger partial charge in [-0.3, -0.25) is 14.5 Å². The molecular formula is C22H28N4O3. The highest BCUT2D eigenvalue weighted by Crippen LogP contribution is 2.41. The Morgan fingerprint density at radius 3 is 2.93 bits per heavy atom. The number of fused-ring (bicyclic) bond motifs is 4. The molecule has 2 aromatic heterocycles. The predicted octanol–water partition coefficient (Wildman–Crippen LogP) is 2.24. The normalized spacial score (nSPS) is 29.5. The van der Waals surface area contributed by atoms with E-state index in [1.807, 2.05) is 18.2 Å². The lowest BCUT2D eigenvalue weighted by Gasteiger charge is -2.56. The molecule has 2 amide bonds. The maximum absolute atomic E-state index is 12.9. The van der Waals surface area contributed by atoms with Crippen LogP contribution in [0.1, 0.15) is 41.9 Å². The van der Waals surface area contributed by atoms with Crippen molar-refractivity contribution in [2.24, 2.45) is 11.8 Å². The number of amides is 2. The molecule has 2 bridgehead atoms. The van der Waals surface area contributed by atoms with Gasteiger partial charge in [-0.2, -0.15) is 0 Å². The first kappa shape index (κ1) is 18.5. The minimum Gasteiger partial charge on any atom is -0.468 e. The summed E-state index contributed by atoms with van der Waals surface area (Å²) in [5, 5.41) is 3.07. The fourth-order valence-corrected chi connectivity index (χ4v) is 5.65. The van der Waals surface area contributed by atoms with Crippen LogP contribution in [0.2, 0.25) is 0 Å². The second kappa shape index (κ2) is 7.71. The lowest BCUT2D eigenvalue weighted by molar-refractivity contribution is -0.152. The quantitative estimate of drug-likeness (QED) is 0.812. The van der Waals surface area contributed by atoms with Crippen molar-refractivity contribution < 1.29 is 14.0 Å². The molecule has 29 heavy (non-hydrogen) atoms. The molecule has 0 radical (unpaired) electrons. The van der Waals surface area contributed by atoms with Gasteiger partial charge in [-0.15, -0.1) is 0 Å². The largest absolute Gasteiger partial charge is 0.468 e. The van der Waals surface area contributed by atoms with Gasteiger partial charge in [0.2, 0.25) is 5.91 Å². The lowest BCUT2D eigenvalue weighted by Crippen LogP contribution is -2.67. The van der Waals surface area contributed by atoms with Crippen molar-refractivity contribution in [3.8, 4) is 0 Å². The first-order chi connectivity index (χ1) is 14.2. The smallest absolute Gasteiger partial charge is 0.267 e. The lowest BCUT2D eigenvalue weighted by atomic mass is 9.72. The summed E-state index contributed by atoms with van der Waals surface area (Å²) in [5.74, 6) is 2.00. The van der Waals surface area contributed by atoms with Gasteiger partial charge in [0.05, 0.1) is 18.8 Å². The summed E-state index contributed by atoms with van der Waals surface area (Å²) >= 11 is 0. The predicted molar refractivity (Wildman–Crippen MR) is 107 cm³/mol. The van der Waals surface area contributed by atoms with Crippen molar-refractivity contribution in [1.29, 1.82) is 0 Å². The molecule has 0 aliphatic carbocycles. The number of aromatic nitrogens is 1. The number of carbonyl (C=O) groups excluding carboxylic acids is 2. The third kappa shape index (κ3) is 3.59. The first-order valence-electron chi connectivity index (χ1n) is 10.7. The summed E-state index contributed by atoms with van der Waals surface area (Å²) in [6.45, 7) is 3.25. The second-order valence-electron chi connectivity index (χ2n) is 8.65. The van der Waals surface area contributed by atoms with Crippen molar-refractivity contribution in [2.75, 3.05) is 19.6 Å². The van der Waals surface area contributed by atoms with Crippen molar-refractivity contribution in [2.45, 2.75) is 44.3 Å². The van der Waals surface area contributed by atoms with Crippen LogP contribution in [-0.4, -0.2) is 58.3 Å². The van der Waals surface area contributed by atoms with E-state index in [1.165, 1.54) is 0 Å². The van der Waals surface area contributed by atoms with Crippen LogP contribution in [0.3, 0.4) is 0 Å². The Morgan fingerprint density at radius 2 is 2.14 bits per heavy atom. The molecule has 3 fully saturated rings. The van der Waals surface area contributed by atoms with E-state index in [0.717, 1.165) is 44.7 Å². The zero-order valence-electron chi connectivity index (χ0n) is 16.5. The summed E-state index contributed by atoms with van der Waals surface area (Å²) in [6, 6.07) is 7.89. The number of aromatic amines is 1. The highest BCUT2D eigenvalue weighted by Gasteiger charge is 2.49. The van der Waals surface area contributed by atoms with Gasteiger partial charge in [-0.25, -0.2) is 0 Å². The Labute approximate surface area is 170 Å². The van der Waals surface area contributed by atoms with Crippen LogP contribution in [0.25, 0.3) is 0 Å². The highest BCUT2D eigenvalue weighted by molar-refractivity contribution is 5.92. The van der Waals surface area contributed by atoms with E-state index < -0.39 is 0 Å². The number of piperidine rings is 3. The topological polar surface area (TPSA) is 81.6 Å². The summed E-state index contributed by atoms with van der Waals surface area (Å²) in [7, 11) is 0. The van der Waals surface area contributed by atoms with Gasteiger partial charge in [0.1, 0.15) is 11.5 Å². The molecular weight excluding hydrogens is 368 g/mol. The van der Waals surface area contributed by atoms with Gasteiger partial charge in [-0.05, 0) is 55.4 Å². The van der Waals surface area contributed by atoms with Crippen molar-refractivity contribution in [3.63, 3.8) is 0 Å². The van der Waals surface area contributed by atoms with E-state index in [2.05, 4.69) is 20.1 Å². The van der Waals surface area contributed by atoms with Crippen LogP contribution < -0.4 is 5.32 Å². The Balaban J connectivity index is 1.34. The van der Waals surface area contributed by atoms with Gasteiger partial charge in [-0.1, -0.05) is 0 Å². The number of nitrogens with one attached hydrogen (secondary N) is 2. The summed E-state index contributed by atoms with van der Waals surface area (Å²) in [5.41, 5.74) is 0.559. The van der Waals surface area contributed by atoms with E-state index in [1.54, 1.807) is 18.5 Å². The molecule has 4 atom stereocenters. The molecule has 7 heteroatoms. The van der Waals surface area contributed by atoms with E-state index >= 15 is 0 Å². The Morgan fingerprint density at radius 1 is 1.24 bits per heavy atom. The Hall–Kier alpha value is -2.54. The Bertz CT molecular complexity index is 848. The number of carbonyl (C=O) groups is 2. The van der Waals surface area contributed by atoms with E-state index in [9.17, 15) is 9.59 Å². The third-order valence-corrected chi connectivity index (χ3v) is 6.85. The number of hydrogen-bond donors (Lipinski definition) is 2. The first-order valence-corrected chi connectivity index (χ1v) is 10.7. The molecule has 0 spiro atoms. The SMILES string of the molecule is O=C(NC[C@H]1[C@H]2C[C@H](CN(Cc3ccco3)C2)[C@@H]2CCCC(=O)N21)c1ccc[nH]1. The molecule has 5 heterocycles. The van der Waals surface area contributed by atoms with Crippen LogP contribution in [0.5, 0.6) is 0 Å². The van der Waals surface area contributed by atoms with Crippen molar-refractivity contribution >= 4 is 11.8 Å². The molecule has 154 valence electrons. The molecule has 0 aromatic carbocycles. The Kier molecular flexibility index (Phi) is 4.91. The zero-order chi connectivity index (χ0) is 19.8. The number of furan rings is 1. The number of nitrogens with zero attached hydrogens (tertiary/aromatic N) is 2. The van der Waals surface area contributed by atoms with Crippen molar-refractivity contribution in [3.05, 3.63) is 48.2 Å². The van der Waals surface area contributed by atoms with Crippen LogP contribution in [-0.2, 0) is 11.3 Å². The van der Waals surface area contributed by atoms with Gasteiger partial charge in [0.15, 0.2) is 0 Å². The molecule has 2 aromatic rings. The minimum atomic E-state index is -0.110. The summed E-state index contributed by atoms with van der Waals surface area (Å²) in [4.78, 5) is 32.9. The fourth-order valence-electron chi connectivity index (χ4n) is 5.65. The molecule has 2 N–H and O–H groups in total. The molecule has 3 aliphatic heterocycles. The molecule has 0 saturated carbocycles. The summed E-state index contributed by atoms with van der Waals surface area (Å²) < 4.78 is 5.56. The van der Waals surface area contributed by atoms with E-state index in [0.29, 0.717) is 36.5 Å². The maximum Gasteiger partial charge on any atom is 0.267 e. The monoisotopic (exact) mass is 396 g/mol. The average molecular weight is 396 g/mol. The number of rotatable bonds is 5. The van der Waals surface area contributed by atoms with Crippen LogP contribution in [0.4, 0.5) is 0 Å². The number of H-pyrrole nitrogens is 1. The van der Waals surface area contributed by atoms with Crippen LogP contribution >= 0.6 is 0 Å². The minimum absolute atomic E-state index is 0.0577. The van der Waals surface area contributed by atoms with Gasteiger partial charge < -0.3 is 19.6 Å². The fraction of sp³-hybridized carbons (Fsp3) is 0.545. The van der Waals surface area contributed by atoms with Gasteiger partial charge >= 0.3 is 0 Å². The standard InChI is InChI=1S/C22H28N4O3/c27-21-7-1-6-19-15-10-16(13-25(12-15)14-17-4-3-9-29-17)20(26(19)21)11-24-22(28)18-5-2-8-23-18/h2-5,8-9,15-16,19-20,23H,1,6-7,10-14H2,(H,24,28)/t15-,16+,19+,20+/m1/s1. The second-order valence-corrected chi connectivity index (χ2v) is 8.65. The molecule has 3 saturated heterocycles. The van der Waals surface area contributed by atoms with E-state index in [-0.39, 0.29) is 17.9 Å². The van der Waals surface area contributed by atoms with Crippen LogP contribution in [0, 0.1) is 11.8 Å².